The van der Waals surface area contributed by atoms with Crippen molar-refractivity contribution in [2.75, 3.05) is 0 Å². The molecule has 2 fully saturated rings. The van der Waals surface area contributed by atoms with Crippen LogP contribution in [0.5, 0.6) is 0 Å². The van der Waals surface area contributed by atoms with Gasteiger partial charge < -0.3 is 0 Å². The van der Waals surface area contributed by atoms with Crippen molar-refractivity contribution in [1.29, 1.82) is 0 Å². The standard InChI is InChI=1S/C21H20N4O3S/c26-20-18(14-15-7-6-10-17(13-15)25(27)28)29-21(23-19-11-4-5-12-22-19)24(20)16-8-2-1-3-9-16/h4-7,10-14,16H,1-3,8-9H2/b18-14-,23-21+. The van der Waals surface area contributed by atoms with Gasteiger partial charge in [0.15, 0.2) is 11.0 Å². The highest BCUT2D eigenvalue weighted by Crippen LogP contribution is 2.38. The normalized spacial score (nSPS) is 20.6. The molecule has 148 valence electrons. The molecule has 1 aromatic carbocycles. The van der Waals surface area contributed by atoms with Gasteiger partial charge in [-0.25, -0.2) is 9.98 Å². The summed E-state index contributed by atoms with van der Waals surface area (Å²) in [6.45, 7) is 0. The molecule has 1 amide bonds. The van der Waals surface area contributed by atoms with Crippen LogP contribution in [0, 0.1) is 10.1 Å². The number of hydrogen-bond acceptors (Lipinski definition) is 6. The maximum absolute atomic E-state index is 13.2. The largest absolute Gasteiger partial charge is 0.283 e. The molecule has 0 bridgehead atoms. The molecule has 0 N–H and O–H groups in total. The lowest BCUT2D eigenvalue weighted by Gasteiger charge is -2.30. The number of aliphatic imine (C=N–C) groups is 1. The highest BCUT2D eigenvalue weighted by Gasteiger charge is 2.38. The lowest BCUT2D eigenvalue weighted by molar-refractivity contribution is -0.384. The second kappa shape index (κ2) is 8.57. The molecule has 1 aromatic heterocycles. The summed E-state index contributed by atoms with van der Waals surface area (Å²) in [6.07, 6.45) is 8.67. The molecule has 1 aliphatic heterocycles. The minimum Gasteiger partial charge on any atom is -0.283 e. The van der Waals surface area contributed by atoms with E-state index in [0.29, 0.717) is 21.5 Å². The number of carbonyl (C=O) groups excluding carboxylic acids is 1. The molecule has 0 unspecified atom stereocenters. The molecule has 2 aliphatic rings. The van der Waals surface area contributed by atoms with E-state index in [4.69, 9.17) is 0 Å². The van der Waals surface area contributed by atoms with Gasteiger partial charge in [0, 0.05) is 24.4 Å². The van der Waals surface area contributed by atoms with Crippen molar-refractivity contribution in [2.24, 2.45) is 4.99 Å². The Morgan fingerprint density at radius 2 is 2.00 bits per heavy atom. The number of aromatic nitrogens is 1. The molecule has 0 spiro atoms. The highest BCUT2D eigenvalue weighted by molar-refractivity contribution is 8.18. The number of thioether (sulfide) groups is 1. The SMILES string of the molecule is O=C1/C(=C/c2cccc([N+](=O)[O-])c2)S/C(=N/c2ccccn2)N1C1CCCCC1. The zero-order chi connectivity index (χ0) is 20.2. The third-order valence-corrected chi connectivity index (χ3v) is 6.00. The lowest BCUT2D eigenvalue weighted by Crippen LogP contribution is -2.40. The van der Waals surface area contributed by atoms with Gasteiger partial charge in [-0.3, -0.25) is 19.8 Å². The predicted molar refractivity (Wildman–Crippen MR) is 114 cm³/mol. The van der Waals surface area contributed by atoms with Crippen LogP contribution >= 0.6 is 11.8 Å². The average Bonchev–Trinajstić information content (AvgIpc) is 3.04. The second-order valence-electron chi connectivity index (χ2n) is 7.01. The molecule has 2 aromatic rings. The van der Waals surface area contributed by atoms with E-state index in [1.165, 1.54) is 30.3 Å². The summed E-state index contributed by atoms with van der Waals surface area (Å²) >= 11 is 1.30. The smallest absolute Gasteiger partial charge is 0.270 e. The van der Waals surface area contributed by atoms with Gasteiger partial charge in [0.2, 0.25) is 0 Å². The summed E-state index contributed by atoms with van der Waals surface area (Å²) in [5, 5.41) is 11.7. The van der Waals surface area contributed by atoms with Gasteiger partial charge in [0.25, 0.3) is 11.6 Å². The predicted octanol–water partition coefficient (Wildman–Crippen LogP) is 4.93. The first-order valence-corrected chi connectivity index (χ1v) is 10.4. The van der Waals surface area contributed by atoms with Gasteiger partial charge in [-0.15, -0.1) is 0 Å². The zero-order valence-corrected chi connectivity index (χ0v) is 16.5. The number of pyridine rings is 1. The van der Waals surface area contributed by atoms with E-state index in [2.05, 4.69) is 9.98 Å². The van der Waals surface area contributed by atoms with Gasteiger partial charge in [-0.1, -0.05) is 37.5 Å². The fraction of sp³-hybridized carbons (Fsp3) is 0.286. The van der Waals surface area contributed by atoms with Crippen LogP contribution in [0.15, 0.2) is 58.6 Å². The van der Waals surface area contributed by atoms with Crippen molar-refractivity contribution in [3.8, 4) is 0 Å². The Balaban J connectivity index is 1.69. The van der Waals surface area contributed by atoms with Crippen LogP contribution < -0.4 is 0 Å². The number of nitrogens with zero attached hydrogens (tertiary/aromatic N) is 4. The summed E-state index contributed by atoms with van der Waals surface area (Å²) in [6, 6.07) is 11.9. The van der Waals surface area contributed by atoms with Crippen LogP contribution in [0.1, 0.15) is 37.7 Å². The van der Waals surface area contributed by atoms with Gasteiger partial charge in [0.05, 0.1) is 9.83 Å². The average molecular weight is 408 g/mol. The minimum atomic E-state index is -0.437. The Labute approximate surface area is 172 Å². The number of amidine groups is 1. The van der Waals surface area contributed by atoms with Gasteiger partial charge in [0.1, 0.15) is 0 Å². The molecular formula is C21H20N4O3S. The number of non-ortho nitro benzene ring substituents is 1. The lowest BCUT2D eigenvalue weighted by atomic mass is 9.94. The van der Waals surface area contributed by atoms with Crippen LogP contribution in [0.2, 0.25) is 0 Å². The zero-order valence-electron chi connectivity index (χ0n) is 15.7. The molecule has 4 rings (SSSR count). The van der Waals surface area contributed by atoms with E-state index < -0.39 is 4.92 Å². The van der Waals surface area contributed by atoms with Crippen LogP contribution in [-0.4, -0.2) is 31.9 Å². The molecule has 0 radical (unpaired) electrons. The Hall–Kier alpha value is -3.00. The van der Waals surface area contributed by atoms with Crippen molar-refractivity contribution in [2.45, 2.75) is 38.1 Å². The Morgan fingerprint density at radius 3 is 2.72 bits per heavy atom. The number of nitro benzene ring substituents is 1. The molecule has 29 heavy (non-hydrogen) atoms. The van der Waals surface area contributed by atoms with E-state index in [1.807, 2.05) is 12.1 Å². The molecule has 8 heteroatoms. The minimum absolute atomic E-state index is 0.00121. The highest BCUT2D eigenvalue weighted by atomic mass is 32.2. The van der Waals surface area contributed by atoms with Crippen LogP contribution in [0.4, 0.5) is 11.5 Å². The van der Waals surface area contributed by atoms with E-state index in [9.17, 15) is 14.9 Å². The first-order valence-electron chi connectivity index (χ1n) is 9.59. The van der Waals surface area contributed by atoms with Crippen molar-refractivity contribution >= 4 is 40.4 Å². The molecule has 2 heterocycles. The number of nitro groups is 1. The molecule has 1 aliphatic carbocycles. The molecule has 7 nitrogen and oxygen atoms in total. The fourth-order valence-electron chi connectivity index (χ4n) is 3.62. The fourth-order valence-corrected chi connectivity index (χ4v) is 4.67. The van der Waals surface area contributed by atoms with Crippen LogP contribution in [0.25, 0.3) is 6.08 Å². The Morgan fingerprint density at radius 1 is 1.17 bits per heavy atom. The molecule has 1 saturated heterocycles. The van der Waals surface area contributed by atoms with Gasteiger partial charge in [-0.05, 0) is 48.4 Å². The molecule has 0 atom stereocenters. The van der Waals surface area contributed by atoms with Crippen LogP contribution in [0.3, 0.4) is 0 Å². The maximum atomic E-state index is 13.2. The topological polar surface area (TPSA) is 88.7 Å². The summed E-state index contributed by atoms with van der Waals surface area (Å²) in [5.74, 6) is 0.461. The summed E-state index contributed by atoms with van der Waals surface area (Å²) < 4.78 is 0. The van der Waals surface area contributed by atoms with E-state index in [-0.39, 0.29) is 17.6 Å². The van der Waals surface area contributed by atoms with Crippen molar-refractivity contribution < 1.29 is 9.72 Å². The molecule has 1 saturated carbocycles. The van der Waals surface area contributed by atoms with Crippen molar-refractivity contribution in [3.63, 3.8) is 0 Å². The Kier molecular flexibility index (Phi) is 5.71. The molecular weight excluding hydrogens is 388 g/mol. The number of benzene rings is 1. The third kappa shape index (κ3) is 4.37. The quantitative estimate of drug-likeness (QED) is 0.407. The second-order valence-corrected chi connectivity index (χ2v) is 8.02. The van der Waals surface area contributed by atoms with Crippen LogP contribution in [-0.2, 0) is 4.79 Å². The summed E-state index contributed by atoms with van der Waals surface area (Å²) in [5.41, 5.74) is 0.624. The summed E-state index contributed by atoms with van der Waals surface area (Å²) in [7, 11) is 0. The number of carbonyl (C=O) groups is 1. The van der Waals surface area contributed by atoms with Crippen molar-refractivity contribution in [3.05, 3.63) is 69.2 Å². The summed E-state index contributed by atoms with van der Waals surface area (Å²) in [4.78, 5) is 35.0. The van der Waals surface area contributed by atoms with Gasteiger partial charge in [-0.2, -0.15) is 0 Å². The van der Waals surface area contributed by atoms with E-state index >= 15 is 0 Å². The number of rotatable bonds is 4. The Bertz CT molecular complexity index is 984. The number of hydrogen-bond donors (Lipinski definition) is 0. The third-order valence-electron chi connectivity index (χ3n) is 5.02. The van der Waals surface area contributed by atoms with Gasteiger partial charge >= 0.3 is 0 Å². The van der Waals surface area contributed by atoms with E-state index in [0.717, 1.165) is 25.7 Å². The monoisotopic (exact) mass is 408 g/mol. The van der Waals surface area contributed by atoms with E-state index in [1.54, 1.807) is 35.4 Å². The first-order chi connectivity index (χ1) is 14.1. The number of amides is 1. The van der Waals surface area contributed by atoms with Crippen molar-refractivity contribution in [1.82, 2.24) is 9.88 Å². The maximum Gasteiger partial charge on any atom is 0.270 e. The first kappa shape index (κ1) is 19.3.